The van der Waals surface area contributed by atoms with Crippen LogP contribution < -0.4 is 69.3 Å². The zero-order valence-electron chi connectivity index (χ0n) is 44.5. The SMILES string of the molecule is C[C@H]1C(C(O)[C@H](O)CO)O[C@@](O[C@@H]2C(O)[C@H](O[C@@H]3C(CO)OC(O)C(O)[C@H]3O)OC(CO)[C@@H]2O)(C(=O)[O-])C[C@H]1O.C[C@H]1C([C@H](O)[C@H](O)CO)O[C@@](OCC2O[C@@H](O[C@@H]3C(CO)OC(O)C(O)[C@H]3O)C(O)[C@@H](O)[C@H]2O)(C(=O)[O-])C[C@H]1O.[Na+].[Na+]. The predicted octanol–water partition coefficient (Wildman–Crippen LogP) is -22.8. The molecule has 38 heteroatoms. The molecule has 22 N–H and O–H groups in total. The van der Waals surface area contributed by atoms with Gasteiger partial charge >= 0.3 is 59.1 Å². The molecule has 6 fully saturated rings. The van der Waals surface area contributed by atoms with Gasteiger partial charge in [0, 0.05) is 24.7 Å². The van der Waals surface area contributed by atoms with Crippen LogP contribution in [0.15, 0.2) is 0 Å². The van der Waals surface area contributed by atoms with Crippen LogP contribution in [0.3, 0.4) is 0 Å². The minimum atomic E-state index is -2.97. The number of rotatable bonds is 20. The number of carboxylic acid groups (broad SMARTS) is 2. The van der Waals surface area contributed by atoms with Crippen molar-refractivity contribution in [1.29, 1.82) is 0 Å². The van der Waals surface area contributed by atoms with Gasteiger partial charge in [0.15, 0.2) is 25.2 Å². The Labute approximate surface area is 509 Å². The molecule has 0 aromatic carbocycles. The summed E-state index contributed by atoms with van der Waals surface area (Å²) in [6.07, 6.45) is -52.0. The Bertz CT molecular complexity index is 1940. The van der Waals surface area contributed by atoms with E-state index in [1.54, 1.807) is 0 Å². The van der Waals surface area contributed by atoms with Crippen LogP contribution in [-0.2, 0) is 57.0 Å². The van der Waals surface area contributed by atoms with Gasteiger partial charge in [-0.05, 0) is 0 Å². The maximum Gasteiger partial charge on any atom is 1.00 e. The smallest absolute Gasteiger partial charge is 0.544 e. The van der Waals surface area contributed by atoms with Gasteiger partial charge in [0.1, 0.15) is 134 Å². The van der Waals surface area contributed by atoms with E-state index in [0.29, 0.717) is 0 Å². The molecule has 6 heterocycles. The van der Waals surface area contributed by atoms with Crippen LogP contribution in [0.2, 0.25) is 0 Å². The molecular formula is C44H74Na2O36. The summed E-state index contributed by atoms with van der Waals surface area (Å²) in [5.74, 6) is -11.8. The summed E-state index contributed by atoms with van der Waals surface area (Å²) in [7, 11) is 0. The standard InChI is InChI=1S/2C22H38O18.2Na/c1-6-7(25)2-22(21(34)35,40-17(6)11(27)8(26)3-23)36-5-10-12(28)13(29)16(32)20(38-10)39-18-9(4-24)37-19(33)15(31)14(18)30;1-6-7(26)2-22(21(34)35,39-16(6)11(28)8(27)3-23)40-18-12(29)9(4-24)37-20(15(18)32)38-17-10(5-25)36-19(33)14(31)13(17)30;;/h2*6-20,23-33H,2-5H2,1H3,(H,34,35);;/q;;2*+1/p-2/t6-,7-,8-,9?,10?,11-,12+,13+,14-,15?,16?,17?,18-,19?,20+,22-;6-,7-,8-,9?,10?,11?,12+,13-,14?,15?,16?,17-,18+,19?,20+,22+;;/m11../s1. The summed E-state index contributed by atoms with van der Waals surface area (Å²) in [5.41, 5.74) is 0. The first-order chi connectivity index (χ1) is 37.4. The van der Waals surface area contributed by atoms with Gasteiger partial charge in [-0.1, -0.05) is 13.8 Å². The Balaban J connectivity index is 0.000000420. The van der Waals surface area contributed by atoms with Gasteiger partial charge < -0.3 is 180 Å². The normalized spacial score (nSPS) is 46.8. The third kappa shape index (κ3) is 16.5. The van der Waals surface area contributed by atoms with E-state index >= 15 is 0 Å². The average Bonchev–Trinajstić information content (AvgIpc) is 3.44. The van der Waals surface area contributed by atoms with E-state index in [-0.39, 0.29) is 59.1 Å². The molecule has 6 aliphatic rings. The van der Waals surface area contributed by atoms with E-state index in [1.165, 1.54) is 13.8 Å². The minimum Gasteiger partial charge on any atom is -0.544 e. The molecule has 0 radical (unpaired) electrons. The third-order valence-corrected chi connectivity index (χ3v) is 14.9. The van der Waals surface area contributed by atoms with Crippen LogP contribution in [0.25, 0.3) is 0 Å². The van der Waals surface area contributed by atoms with E-state index < -0.39 is 259 Å². The van der Waals surface area contributed by atoms with Gasteiger partial charge in [-0.2, -0.15) is 0 Å². The molecular weight excluding hydrogens is 1150 g/mol. The summed E-state index contributed by atoms with van der Waals surface area (Å²) >= 11 is 0. The predicted molar refractivity (Wildman–Crippen MR) is 238 cm³/mol. The molecule has 0 aromatic rings. The van der Waals surface area contributed by atoms with Crippen molar-refractivity contribution in [2.45, 2.75) is 210 Å². The number of aliphatic carboxylic acids is 2. The molecule has 13 unspecified atom stereocenters. The van der Waals surface area contributed by atoms with Crippen LogP contribution in [0.5, 0.6) is 0 Å². The number of aliphatic hydroxyl groups is 22. The molecule has 0 spiro atoms. The van der Waals surface area contributed by atoms with Crippen molar-refractivity contribution in [3.63, 3.8) is 0 Å². The zero-order valence-corrected chi connectivity index (χ0v) is 48.5. The zero-order chi connectivity index (χ0) is 60.2. The van der Waals surface area contributed by atoms with Crippen molar-refractivity contribution < 1.29 is 239 Å². The first-order valence-corrected chi connectivity index (χ1v) is 25.1. The van der Waals surface area contributed by atoms with E-state index in [4.69, 9.17) is 52.5 Å². The molecule has 0 saturated carbocycles. The van der Waals surface area contributed by atoms with E-state index in [0.717, 1.165) is 0 Å². The first kappa shape index (κ1) is 75.9. The van der Waals surface area contributed by atoms with Crippen LogP contribution >= 0.6 is 0 Å². The summed E-state index contributed by atoms with van der Waals surface area (Å²) in [6, 6.07) is 0. The summed E-state index contributed by atoms with van der Waals surface area (Å²) in [4.78, 5) is 24.4. The Hall–Kier alpha value is -0.340. The van der Waals surface area contributed by atoms with Gasteiger partial charge in [0.25, 0.3) is 0 Å². The van der Waals surface area contributed by atoms with Crippen LogP contribution in [0.4, 0.5) is 0 Å². The molecule has 36 nitrogen and oxygen atoms in total. The number of hydrogen-bond acceptors (Lipinski definition) is 36. The van der Waals surface area contributed by atoms with Gasteiger partial charge in [0.2, 0.25) is 11.6 Å². The quantitative estimate of drug-likeness (QED) is 0.0503. The minimum absolute atomic E-state index is 0. The largest absolute Gasteiger partial charge is 1.00 e. The van der Waals surface area contributed by atoms with Crippen LogP contribution in [-0.4, -0.2) is 347 Å². The molecule has 6 aliphatic heterocycles. The Morgan fingerprint density at radius 1 is 0.488 bits per heavy atom. The molecule has 6 rings (SSSR count). The molecule has 0 amide bonds. The van der Waals surface area contributed by atoms with Gasteiger partial charge in [0.05, 0.1) is 64.1 Å². The maximum atomic E-state index is 12.3. The number of ether oxygens (including phenoxy) is 10. The number of aliphatic hydroxyl groups excluding tert-OH is 22. The molecule has 468 valence electrons. The number of carbonyl (C=O) groups is 2. The maximum absolute atomic E-state index is 12.3. The Kier molecular flexibility index (Phi) is 30.0. The second-order valence-electron chi connectivity index (χ2n) is 20.3. The van der Waals surface area contributed by atoms with E-state index in [1.807, 2.05) is 0 Å². The first-order valence-electron chi connectivity index (χ1n) is 25.1. The van der Waals surface area contributed by atoms with Crippen LogP contribution in [0.1, 0.15) is 26.7 Å². The molecule has 6 saturated heterocycles. The molecule has 0 aromatic heterocycles. The third-order valence-electron chi connectivity index (χ3n) is 14.9. The number of carboxylic acids is 2. The second-order valence-corrected chi connectivity index (χ2v) is 20.3. The van der Waals surface area contributed by atoms with Gasteiger partial charge in [-0.25, -0.2) is 0 Å². The topological polar surface area (TPSA) is 618 Å². The fraction of sp³-hybridized carbons (Fsp3) is 0.955. The van der Waals surface area contributed by atoms with Crippen molar-refractivity contribution in [1.82, 2.24) is 0 Å². The van der Waals surface area contributed by atoms with Crippen LogP contribution in [0, 0.1) is 11.8 Å². The van der Waals surface area contributed by atoms with Crippen molar-refractivity contribution in [2.75, 3.05) is 39.6 Å². The second kappa shape index (κ2) is 32.4. The Morgan fingerprint density at radius 2 is 0.878 bits per heavy atom. The number of carbonyl (C=O) groups excluding carboxylic acids is 2. The van der Waals surface area contributed by atoms with Gasteiger partial charge in [-0.15, -0.1) is 0 Å². The summed E-state index contributed by atoms with van der Waals surface area (Å²) in [6.45, 7) is -2.65. The monoisotopic (exact) mass is 1220 g/mol. The molecule has 32 atom stereocenters. The summed E-state index contributed by atoms with van der Waals surface area (Å²) < 4.78 is 53.3. The molecule has 82 heavy (non-hydrogen) atoms. The summed E-state index contributed by atoms with van der Waals surface area (Å²) in [5, 5.41) is 246. The Morgan fingerprint density at radius 3 is 1.28 bits per heavy atom. The molecule has 0 bridgehead atoms. The van der Waals surface area contributed by atoms with Crippen molar-refractivity contribution in [2.24, 2.45) is 11.8 Å². The van der Waals surface area contributed by atoms with Crippen molar-refractivity contribution in [3.8, 4) is 0 Å². The van der Waals surface area contributed by atoms with E-state index in [2.05, 4.69) is 0 Å². The van der Waals surface area contributed by atoms with E-state index in [9.17, 15) is 127 Å². The fourth-order valence-corrected chi connectivity index (χ4v) is 9.75. The average molecular weight is 1230 g/mol. The molecule has 0 aliphatic carbocycles. The van der Waals surface area contributed by atoms with Gasteiger partial charge in [-0.3, -0.25) is 0 Å². The fourth-order valence-electron chi connectivity index (χ4n) is 9.75. The number of hydrogen-bond donors (Lipinski definition) is 22. The van der Waals surface area contributed by atoms with Crippen molar-refractivity contribution in [3.05, 3.63) is 0 Å². The van der Waals surface area contributed by atoms with Crippen molar-refractivity contribution >= 4 is 11.9 Å².